The number of hydrogen-bond acceptors (Lipinski definition) is 4. The normalized spacial score (nSPS) is 11.1. The van der Waals surface area contributed by atoms with Crippen LogP contribution in [0.5, 0.6) is 0 Å². The van der Waals surface area contributed by atoms with E-state index < -0.39 is 0 Å². The zero-order chi connectivity index (χ0) is 16.5. The largest absolute Gasteiger partial charge is 0.254 e. The molecular weight excluding hydrogens is 323 g/mol. The number of aromatic amines is 1. The van der Waals surface area contributed by atoms with Gasteiger partial charge in [0.25, 0.3) is 0 Å². The topological polar surface area (TPSA) is 54.5 Å². The van der Waals surface area contributed by atoms with Gasteiger partial charge >= 0.3 is 0 Å². The molecule has 4 aromatic rings. The number of benzene rings is 2. The number of aryl methyl sites for hydroxylation is 1. The molecular formula is C18H13FN4S. The predicted octanol–water partition coefficient (Wildman–Crippen LogP) is 4.62. The van der Waals surface area contributed by atoms with Crippen LogP contribution in [0.4, 0.5) is 4.39 Å². The minimum Gasteiger partial charge on any atom is -0.254 e. The van der Waals surface area contributed by atoms with Crippen molar-refractivity contribution >= 4 is 22.7 Å². The lowest BCUT2D eigenvalue weighted by molar-refractivity contribution is 0.628. The summed E-state index contributed by atoms with van der Waals surface area (Å²) < 4.78 is 13.3. The fourth-order valence-electron chi connectivity index (χ4n) is 2.63. The van der Waals surface area contributed by atoms with Crippen molar-refractivity contribution in [3.05, 3.63) is 66.2 Å². The number of pyridine rings is 1. The van der Waals surface area contributed by atoms with Gasteiger partial charge in [0.1, 0.15) is 12.1 Å². The average Bonchev–Trinajstić information content (AvgIpc) is 3.11. The molecule has 0 saturated carbocycles. The predicted molar refractivity (Wildman–Crippen MR) is 92.4 cm³/mol. The number of nitrogens with zero attached hydrogens (tertiary/aromatic N) is 3. The molecule has 0 aliphatic rings. The third kappa shape index (κ3) is 2.65. The summed E-state index contributed by atoms with van der Waals surface area (Å²) in [6, 6.07) is 14.4. The molecule has 2 aromatic heterocycles. The monoisotopic (exact) mass is 336 g/mol. The molecule has 118 valence electrons. The van der Waals surface area contributed by atoms with Crippen LogP contribution in [0.25, 0.3) is 22.2 Å². The molecule has 0 fully saturated rings. The average molecular weight is 336 g/mol. The lowest BCUT2D eigenvalue weighted by Gasteiger charge is -2.13. The highest BCUT2D eigenvalue weighted by molar-refractivity contribution is 7.99. The fourth-order valence-corrected chi connectivity index (χ4v) is 3.54. The first-order valence-electron chi connectivity index (χ1n) is 7.41. The fraction of sp³-hybridized carbons (Fsp3) is 0.0556. The van der Waals surface area contributed by atoms with Crippen molar-refractivity contribution < 1.29 is 4.39 Å². The Hall–Kier alpha value is -2.73. The van der Waals surface area contributed by atoms with Crippen molar-refractivity contribution in [2.24, 2.45) is 0 Å². The minimum atomic E-state index is -0.263. The van der Waals surface area contributed by atoms with Gasteiger partial charge < -0.3 is 0 Å². The quantitative estimate of drug-likeness (QED) is 0.593. The molecule has 4 nitrogen and oxygen atoms in total. The Morgan fingerprint density at radius 3 is 2.58 bits per heavy atom. The number of nitrogens with one attached hydrogen (secondary N) is 1. The first kappa shape index (κ1) is 14.8. The molecule has 0 aliphatic heterocycles. The number of H-pyrrole nitrogens is 1. The van der Waals surface area contributed by atoms with Gasteiger partial charge in [-0.3, -0.25) is 5.10 Å². The molecule has 2 aromatic carbocycles. The number of aromatic nitrogens is 4. The van der Waals surface area contributed by atoms with E-state index in [2.05, 4.69) is 28.2 Å². The van der Waals surface area contributed by atoms with Crippen LogP contribution in [-0.2, 0) is 0 Å². The Bertz CT molecular complexity index is 998. The molecule has 0 saturated heterocycles. The second-order valence-electron chi connectivity index (χ2n) is 5.33. The second kappa shape index (κ2) is 6.05. The number of fused-ring (bicyclic) bond motifs is 1. The highest BCUT2D eigenvalue weighted by Gasteiger charge is 2.16. The van der Waals surface area contributed by atoms with E-state index in [0.717, 1.165) is 32.6 Å². The van der Waals surface area contributed by atoms with E-state index in [9.17, 15) is 4.39 Å². The number of para-hydroxylation sites is 1. The molecule has 0 atom stereocenters. The van der Waals surface area contributed by atoms with Crippen molar-refractivity contribution in [1.82, 2.24) is 20.2 Å². The Morgan fingerprint density at radius 1 is 1.04 bits per heavy atom. The zero-order valence-electron chi connectivity index (χ0n) is 12.8. The molecule has 4 rings (SSSR count). The molecule has 24 heavy (non-hydrogen) atoms. The van der Waals surface area contributed by atoms with Crippen LogP contribution >= 0.6 is 11.8 Å². The van der Waals surface area contributed by atoms with Gasteiger partial charge in [-0.15, -0.1) is 0 Å². The van der Waals surface area contributed by atoms with Gasteiger partial charge in [0.05, 0.1) is 11.2 Å². The molecule has 0 bridgehead atoms. The Kier molecular flexibility index (Phi) is 3.74. The molecule has 0 amide bonds. The third-order valence-electron chi connectivity index (χ3n) is 3.81. The van der Waals surface area contributed by atoms with Gasteiger partial charge in [0, 0.05) is 15.8 Å². The van der Waals surface area contributed by atoms with E-state index in [4.69, 9.17) is 4.98 Å². The van der Waals surface area contributed by atoms with Crippen LogP contribution < -0.4 is 0 Å². The van der Waals surface area contributed by atoms with Crippen LogP contribution in [0, 0.1) is 12.7 Å². The summed E-state index contributed by atoms with van der Waals surface area (Å²) in [5, 5.41) is 8.54. The maximum atomic E-state index is 13.3. The summed E-state index contributed by atoms with van der Waals surface area (Å²) in [6.07, 6.45) is 1.48. The first-order chi connectivity index (χ1) is 11.7. The zero-order valence-corrected chi connectivity index (χ0v) is 13.6. The van der Waals surface area contributed by atoms with Gasteiger partial charge in [-0.1, -0.05) is 18.2 Å². The van der Waals surface area contributed by atoms with Gasteiger partial charge in [-0.05, 0) is 54.6 Å². The smallest absolute Gasteiger partial charge is 0.188 e. The van der Waals surface area contributed by atoms with Gasteiger partial charge in [0.15, 0.2) is 5.16 Å². The van der Waals surface area contributed by atoms with Crippen molar-refractivity contribution in [3.63, 3.8) is 0 Å². The maximum absolute atomic E-state index is 13.3. The van der Waals surface area contributed by atoms with E-state index in [0.29, 0.717) is 5.16 Å². The van der Waals surface area contributed by atoms with Gasteiger partial charge in [-0.2, -0.15) is 5.10 Å². The number of halogens is 1. The van der Waals surface area contributed by atoms with Gasteiger partial charge in [-0.25, -0.2) is 14.4 Å². The Morgan fingerprint density at radius 2 is 1.83 bits per heavy atom. The van der Waals surface area contributed by atoms with E-state index in [1.807, 2.05) is 18.2 Å². The molecule has 1 N–H and O–H groups in total. The molecule has 2 heterocycles. The summed E-state index contributed by atoms with van der Waals surface area (Å²) in [7, 11) is 0. The summed E-state index contributed by atoms with van der Waals surface area (Å²) in [6.45, 7) is 2.07. The molecule has 0 aliphatic carbocycles. The molecule has 0 unspecified atom stereocenters. The minimum absolute atomic E-state index is 0.263. The van der Waals surface area contributed by atoms with Gasteiger partial charge in [0.2, 0.25) is 0 Å². The summed E-state index contributed by atoms with van der Waals surface area (Å²) >= 11 is 1.48. The van der Waals surface area contributed by atoms with Crippen molar-refractivity contribution in [2.45, 2.75) is 17.0 Å². The van der Waals surface area contributed by atoms with Crippen LogP contribution in [-0.4, -0.2) is 20.2 Å². The second-order valence-corrected chi connectivity index (χ2v) is 6.33. The van der Waals surface area contributed by atoms with E-state index in [-0.39, 0.29) is 5.82 Å². The molecule has 0 radical (unpaired) electrons. The maximum Gasteiger partial charge on any atom is 0.188 e. The third-order valence-corrected chi connectivity index (χ3v) is 4.90. The van der Waals surface area contributed by atoms with E-state index in [1.54, 1.807) is 12.1 Å². The summed E-state index contributed by atoms with van der Waals surface area (Å²) in [4.78, 5) is 9.98. The van der Waals surface area contributed by atoms with Crippen molar-refractivity contribution in [2.75, 3.05) is 0 Å². The van der Waals surface area contributed by atoms with E-state index >= 15 is 0 Å². The van der Waals surface area contributed by atoms with Crippen LogP contribution in [0.15, 0.2) is 64.9 Å². The Balaban J connectivity index is 1.96. The SMILES string of the molecule is Cc1c(Sc2ncn[nH]2)c(-c2ccc(F)cc2)nc2ccccc12. The number of rotatable bonds is 3. The van der Waals surface area contributed by atoms with Crippen LogP contribution in [0.2, 0.25) is 0 Å². The van der Waals surface area contributed by atoms with Crippen molar-refractivity contribution in [3.8, 4) is 11.3 Å². The summed E-state index contributed by atoms with van der Waals surface area (Å²) in [5.41, 5.74) is 3.71. The summed E-state index contributed by atoms with van der Waals surface area (Å²) in [5.74, 6) is -0.263. The lowest BCUT2D eigenvalue weighted by atomic mass is 10.0. The highest BCUT2D eigenvalue weighted by Crippen LogP contribution is 2.38. The standard InChI is InChI=1S/C18H13FN4S/c1-11-14-4-2-3-5-15(14)22-16(12-6-8-13(19)9-7-12)17(11)24-18-20-10-21-23-18/h2-10H,1H3,(H,20,21,23). The van der Waals surface area contributed by atoms with Crippen LogP contribution in [0.3, 0.4) is 0 Å². The lowest BCUT2D eigenvalue weighted by Crippen LogP contribution is -1.95. The highest BCUT2D eigenvalue weighted by atomic mass is 32.2. The Labute approximate surface area is 142 Å². The van der Waals surface area contributed by atoms with E-state index in [1.165, 1.54) is 30.2 Å². The van der Waals surface area contributed by atoms with Crippen molar-refractivity contribution in [1.29, 1.82) is 0 Å². The van der Waals surface area contributed by atoms with Crippen LogP contribution in [0.1, 0.15) is 5.56 Å². The molecule has 0 spiro atoms. The molecule has 6 heteroatoms. The first-order valence-corrected chi connectivity index (χ1v) is 8.22. The number of hydrogen-bond donors (Lipinski definition) is 1.